The standard InChI is InChI=1S/C24H18Cl2I2N2O2.Na/c1-12(2)16-9-17(19(11-29)13-3-5-14(25)6-4-13)20(26)10-22(16)30-24(32)18-7-15(27)8-21(28)23(18)31;/h3-10,12,19,31H,1-2H3,(H,30,32);. The number of carbonyl (C=O) groups excluding carboxylic acids is 1. The van der Waals surface area contributed by atoms with E-state index in [1.54, 1.807) is 42.5 Å². The normalized spacial score (nSPS) is 11.5. The number of phenols is 1. The summed E-state index contributed by atoms with van der Waals surface area (Å²) in [5, 5.41) is 24.1. The molecule has 3 rings (SSSR count). The van der Waals surface area contributed by atoms with Crippen molar-refractivity contribution in [3.8, 4) is 11.8 Å². The van der Waals surface area contributed by atoms with Gasteiger partial charge in [0.25, 0.3) is 5.91 Å². The quantitative estimate of drug-likeness (QED) is 0.212. The van der Waals surface area contributed by atoms with Crippen molar-refractivity contribution in [2.24, 2.45) is 0 Å². The van der Waals surface area contributed by atoms with Gasteiger partial charge in [-0.05, 0) is 98.1 Å². The van der Waals surface area contributed by atoms with Crippen LogP contribution in [0.3, 0.4) is 0 Å². The van der Waals surface area contributed by atoms with Gasteiger partial charge in [0.05, 0.1) is 21.1 Å². The molecule has 165 valence electrons. The summed E-state index contributed by atoms with van der Waals surface area (Å²) in [4.78, 5) is 13.0. The van der Waals surface area contributed by atoms with Crippen LogP contribution in [-0.2, 0) is 0 Å². The second kappa shape index (κ2) is 12.4. The zero-order valence-corrected chi connectivity index (χ0v) is 25.9. The topological polar surface area (TPSA) is 73.1 Å². The first-order chi connectivity index (χ1) is 15.1. The van der Waals surface area contributed by atoms with Gasteiger partial charge in [0.15, 0.2) is 0 Å². The predicted molar refractivity (Wildman–Crippen MR) is 152 cm³/mol. The van der Waals surface area contributed by atoms with Crippen molar-refractivity contribution in [1.82, 2.24) is 0 Å². The SMILES string of the molecule is CC(C)c1cc(C(C#N)c2ccc(Cl)cc2)c(Cl)cc1NC(=O)c1cc(I)cc(I)c1O.[Na]. The number of benzene rings is 3. The van der Waals surface area contributed by atoms with E-state index < -0.39 is 11.8 Å². The molecule has 3 aromatic carbocycles. The molecule has 0 aromatic heterocycles. The van der Waals surface area contributed by atoms with Gasteiger partial charge in [-0.2, -0.15) is 5.26 Å². The summed E-state index contributed by atoms with van der Waals surface area (Å²) in [7, 11) is 0. The molecule has 9 heteroatoms. The number of hydrogen-bond donors (Lipinski definition) is 2. The van der Waals surface area contributed by atoms with Crippen molar-refractivity contribution >= 4 is 110 Å². The molecule has 4 nitrogen and oxygen atoms in total. The molecule has 3 aromatic rings. The number of hydrogen-bond acceptors (Lipinski definition) is 3. The van der Waals surface area contributed by atoms with Gasteiger partial charge in [-0.3, -0.25) is 4.79 Å². The average molecular weight is 714 g/mol. The number of nitrogens with zero attached hydrogens (tertiary/aromatic N) is 1. The summed E-state index contributed by atoms with van der Waals surface area (Å²) in [5.41, 5.74) is 3.01. The van der Waals surface area contributed by atoms with E-state index >= 15 is 0 Å². The molecule has 0 heterocycles. The van der Waals surface area contributed by atoms with E-state index in [0.29, 0.717) is 24.9 Å². The number of anilines is 1. The molecule has 1 atom stereocenters. The zero-order valence-electron chi connectivity index (χ0n) is 18.1. The Morgan fingerprint density at radius 3 is 2.27 bits per heavy atom. The number of halogens is 4. The fourth-order valence-electron chi connectivity index (χ4n) is 3.32. The van der Waals surface area contributed by atoms with Crippen molar-refractivity contribution in [3.63, 3.8) is 0 Å². The van der Waals surface area contributed by atoms with Crippen molar-refractivity contribution in [2.45, 2.75) is 25.7 Å². The van der Waals surface area contributed by atoms with E-state index in [2.05, 4.69) is 34.0 Å². The molecule has 0 aliphatic heterocycles. The van der Waals surface area contributed by atoms with Gasteiger partial charge in [0.1, 0.15) is 5.75 Å². The van der Waals surface area contributed by atoms with Gasteiger partial charge in [-0.25, -0.2) is 0 Å². The number of nitrogens with one attached hydrogen (secondary N) is 1. The number of amides is 1. The predicted octanol–water partition coefficient (Wildman–Crippen LogP) is 7.56. The van der Waals surface area contributed by atoms with Gasteiger partial charge < -0.3 is 10.4 Å². The molecule has 1 amide bonds. The Bertz CT molecular complexity index is 1230. The van der Waals surface area contributed by atoms with Crippen molar-refractivity contribution in [2.75, 3.05) is 5.32 Å². The summed E-state index contributed by atoms with van der Waals surface area (Å²) >= 11 is 16.7. The smallest absolute Gasteiger partial charge is 0.259 e. The fraction of sp³-hybridized carbons (Fsp3) is 0.167. The minimum Gasteiger partial charge on any atom is -0.506 e. The summed E-state index contributed by atoms with van der Waals surface area (Å²) in [6, 6.07) is 16.4. The Balaban J connectivity index is 0.00000385. The zero-order chi connectivity index (χ0) is 23.6. The molecule has 2 N–H and O–H groups in total. The van der Waals surface area contributed by atoms with E-state index in [0.717, 1.165) is 14.7 Å². The van der Waals surface area contributed by atoms with E-state index in [1.165, 1.54) is 0 Å². The van der Waals surface area contributed by atoms with Gasteiger partial charge in [0, 0.05) is 48.9 Å². The van der Waals surface area contributed by atoms with Gasteiger partial charge in [-0.15, -0.1) is 0 Å². The maximum Gasteiger partial charge on any atom is 0.259 e. The van der Waals surface area contributed by atoms with Crippen LogP contribution >= 0.6 is 68.4 Å². The Labute approximate surface area is 252 Å². The van der Waals surface area contributed by atoms with Crippen LogP contribution in [0.1, 0.15) is 52.7 Å². The maximum atomic E-state index is 13.0. The summed E-state index contributed by atoms with van der Waals surface area (Å²) in [5.74, 6) is -1.03. The van der Waals surface area contributed by atoms with Crippen LogP contribution in [0.2, 0.25) is 10.0 Å². The molecule has 0 saturated carbocycles. The molecule has 0 aliphatic carbocycles. The number of phenolic OH excluding ortho intramolecular Hbond substituents is 1. The third kappa shape index (κ3) is 6.78. The summed E-state index contributed by atoms with van der Waals surface area (Å²) in [6.45, 7) is 4.00. The monoisotopic (exact) mass is 713 g/mol. The van der Waals surface area contributed by atoms with E-state index in [1.807, 2.05) is 42.5 Å². The van der Waals surface area contributed by atoms with E-state index in [9.17, 15) is 15.2 Å². The first-order valence-electron chi connectivity index (χ1n) is 9.60. The number of nitriles is 1. The van der Waals surface area contributed by atoms with Crippen LogP contribution in [0.5, 0.6) is 5.75 Å². The number of rotatable bonds is 5. The molecule has 0 bridgehead atoms. The summed E-state index contributed by atoms with van der Waals surface area (Å²) < 4.78 is 1.43. The van der Waals surface area contributed by atoms with Crippen LogP contribution < -0.4 is 5.32 Å². The van der Waals surface area contributed by atoms with Gasteiger partial charge >= 0.3 is 0 Å². The maximum absolute atomic E-state index is 13.0. The Morgan fingerprint density at radius 2 is 1.70 bits per heavy atom. The minimum absolute atomic E-state index is 0. The molecule has 33 heavy (non-hydrogen) atoms. The first kappa shape index (κ1) is 28.7. The third-order valence-electron chi connectivity index (χ3n) is 4.96. The molecular formula is C24H18Cl2I2N2NaO2. The van der Waals surface area contributed by atoms with Gasteiger partial charge in [-0.1, -0.05) is 55.2 Å². The molecular weight excluding hydrogens is 696 g/mol. The molecule has 1 unspecified atom stereocenters. The van der Waals surface area contributed by atoms with Crippen LogP contribution in [0.25, 0.3) is 0 Å². The van der Waals surface area contributed by atoms with Crippen LogP contribution in [0.15, 0.2) is 48.5 Å². The Kier molecular flexibility index (Phi) is 10.8. The second-order valence-corrected chi connectivity index (χ2v) is 10.7. The molecule has 0 aliphatic rings. The van der Waals surface area contributed by atoms with Crippen LogP contribution in [0, 0.1) is 18.5 Å². The molecule has 0 fully saturated rings. The largest absolute Gasteiger partial charge is 0.506 e. The minimum atomic E-state index is -0.580. The average Bonchev–Trinajstić information content (AvgIpc) is 2.73. The third-order valence-corrected chi connectivity index (χ3v) is 6.98. The Hall–Kier alpha value is -0.540. The van der Waals surface area contributed by atoms with Crippen molar-refractivity contribution in [1.29, 1.82) is 5.26 Å². The van der Waals surface area contributed by atoms with Crippen LogP contribution in [-0.4, -0.2) is 40.6 Å². The van der Waals surface area contributed by atoms with Crippen LogP contribution in [0.4, 0.5) is 5.69 Å². The van der Waals surface area contributed by atoms with E-state index in [4.69, 9.17) is 23.2 Å². The summed E-state index contributed by atoms with van der Waals surface area (Å²) in [6.07, 6.45) is 0. The molecule has 1 radical (unpaired) electrons. The van der Waals surface area contributed by atoms with Crippen molar-refractivity contribution < 1.29 is 9.90 Å². The van der Waals surface area contributed by atoms with Crippen molar-refractivity contribution in [3.05, 3.63) is 88.0 Å². The molecule has 0 spiro atoms. The number of aromatic hydroxyl groups is 1. The van der Waals surface area contributed by atoms with E-state index in [-0.39, 0.29) is 46.8 Å². The Morgan fingerprint density at radius 1 is 1.06 bits per heavy atom. The van der Waals surface area contributed by atoms with Gasteiger partial charge in [0.2, 0.25) is 0 Å². The second-order valence-electron chi connectivity index (χ2n) is 7.47. The first-order valence-corrected chi connectivity index (χ1v) is 12.5. The fourth-order valence-corrected chi connectivity index (χ4v) is 5.57. The molecule has 0 saturated heterocycles. The number of carbonyl (C=O) groups is 1.